The van der Waals surface area contributed by atoms with Crippen molar-refractivity contribution in [2.45, 2.75) is 46.6 Å². The molecule has 0 aromatic heterocycles. The molecule has 0 saturated carbocycles. The summed E-state index contributed by atoms with van der Waals surface area (Å²) in [5, 5.41) is 0. The van der Waals surface area contributed by atoms with Crippen LogP contribution in [0.5, 0.6) is 0 Å². The average Bonchev–Trinajstić information content (AvgIpc) is 2.61. The molecule has 136 valence electrons. The number of fused-ring (bicyclic) bond motifs is 2. The van der Waals surface area contributed by atoms with Gasteiger partial charge in [-0.15, -0.1) is 0 Å². The Morgan fingerprint density at radius 3 is 2.68 bits per heavy atom. The molecule has 0 spiro atoms. The van der Waals surface area contributed by atoms with Crippen molar-refractivity contribution in [3.8, 4) is 0 Å². The van der Waals surface area contributed by atoms with E-state index in [2.05, 4.69) is 33.8 Å². The van der Waals surface area contributed by atoms with Crippen LogP contribution in [0.15, 0.2) is 42.0 Å². The zero-order valence-electron chi connectivity index (χ0n) is 15.8. The molecule has 1 aliphatic heterocycles. The lowest BCUT2D eigenvalue weighted by atomic mass is 9.56. The van der Waals surface area contributed by atoms with Gasteiger partial charge in [-0.3, -0.25) is 0 Å². The summed E-state index contributed by atoms with van der Waals surface area (Å²) in [4.78, 5) is 12.4. The third kappa shape index (κ3) is 3.27. The van der Waals surface area contributed by atoms with Crippen LogP contribution in [0.25, 0.3) is 0 Å². The second-order valence-electron chi connectivity index (χ2n) is 7.83. The molecular weight excluding hydrogens is 312 g/mol. The Morgan fingerprint density at radius 1 is 1.28 bits per heavy atom. The highest BCUT2D eigenvalue weighted by atomic mass is 16.5. The van der Waals surface area contributed by atoms with Crippen LogP contribution >= 0.6 is 0 Å². The monoisotopic (exact) mass is 342 g/mol. The maximum absolute atomic E-state index is 12.4. The molecule has 2 bridgehead atoms. The first-order valence-electron chi connectivity index (χ1n) is 9.51. The predicted octanol–water partition coefficient (Wildman–Crippen LogP) is 4.88. The summed E-state index contributed by atoms with van der Waals surface area (Å²) in [6.07, 6.45) is 4.90. The van der Waals surface area contributed by atoms with E-state index in [1.807, 2.05) is 18.2 Å². The zero-order chi connectivity index (χ0) is 18.0. The van der Waals surface area contributed by atoms with Gasteiger partial charge in [-0.05, 0) is 37.3 Å². The fraction of sp³-hybridized carbons (Fsp3) is 0.591. The fourth-order valence-electron chi connectivity index (χ4n) is 4.79. The van der Waals surface area contributed by atoms with Gasteiger partial charge in [0, 0.05) is 11.3 Å². The Balaban J connectivity index is 1.79. The van der Waals surface area contributed by atoms with E-state index in [1.54, 1.807) is 12.1 Å². The molecular formula is C22H30O3. The van der Waals surface area contributed by atoms with Crippen LogP contribution in [0.1, 0.15) is 50.9 Å². The molecule has 1 aromatic rings. The van der Waals surface area contributed by atoms with Crippen LogP contribution in [0.2, 0.25) is 0 Å². The summed E-state index contributed by atoms with van der Waals surface area (Å²) in [7, 11) is 0. The first-order chi connectivity index (χ1) is 12.0. The van der Waals surface area contributed by atoms with Crippen LogP contribution in [0.4, 0.5) is 0 Å². The smallest absolute Gasteiger partial charge is 0.338 e. The van der Waals surface area contributed by atoms with Gasteiger partial charge in [0.15, 0.2) is 0 Å². The number of carbonyl (C=O) groups is 1. The SMILES string of the molecule is CCC[C@@H]1OC[C@@]2(COC(=O)c3ccccc3)[C@H](C)C=C(C)[C@H]1[C@@H]2C. The molecule has 1 aromatic carbocycles. The molecule has 25 heavy (non-hydrogen) atoms. The van der Waals surface area contributed by atoms with Crippen molar-refractivity contribution >= 4 is 5.97 Å². The van der Waals surface area contributed by atoms with Gasteiger partial charge in [-0.25, -0.2) is 4.79 Å². The number of ether oxygens (including phenoxy) is 2. The second kappa shape index (κ2) is 7.33. The predicted molar refractivity (Wildman–Crippen MR) is 99.4 cm³/mol. The van der Waals surface area contributed by atoms with E-state index >= 15 is 0 Å². The van der Waals surface area contributed by atoms with Crippen LogP contribution in [0.3, 0.4) is 0 Å². The first-order valence-corrected chi connectivity index (χ1v) is 9.51. The molecule has 2 aliphatic rings. The minimum Gasteiger partial charge on any atom is -0.461 e. The molecule has 1 heterocycles. The Bertz CT molecular complexity index is 636. The quantitative estimate of drug-likeness (QED) is 0.565. The lowest BCUT2D eigenvalue weighted by Gasteiger charge is -2.55. The lowest BCUT2D eigenvalue weighted by Crippen LogP contribution is -2.56. The standard InChI is InChI=1S/C22H30O3/c1-5-9-19-20-15(2)12-16(3)22(13-24-19,17(20)4)14-25-21(23)18-10-7-6-8-11-18/h6-8,10-12,16-17,19-20H,5,9,13-14H2,1-4H3/t16-,17+,19+,20+,22-/m1/s1. The third-order valence-corrected chi connectivity index (χ3v) is 6.41. The molecule has 5 atom stereocenters. The van der Waals surface area contributed by atoms with E-state index in [0.717, 1.165) is 12.8 Å². The van der Waals surface area contributed by atoms with Crippen LogP contribution in [-0.2, 0) is 9.47 Å². The average molecular weight is 342 g/mol. The second-order valence-corrected chi connectivity index (χ2v) is 7.83. The molecule has 0 radical (unpaired) electrons. The molecule has 1 saturated heterocycles. The Hall–Kier alpha value is -1.61. The number of rotatable bonds is 5. The molecule has 3 heteroatoms. The number of esters is 1. The van der Waals surface area contributed by atoms with Gasteiger partial charge in [-0.2, -0.15) is 0 Å². The van der Waals surface area contributed by atoms with Crippen LogP contribution in [0, 0.1) is 23.2 Å². The van der Waals surface area contributed by atoms with E-state index in [4.69, 9.17) is 9.47 Å². The Morgan fingerprint density at radius 2 is 2.00 bits per heavy atom. The van der Waals surface area contributed by atoms with Crippen molar-refractivity contribution in [2.75, 3.05) is 13.2 Å². The van der Waals surface area contributed by atoms with Gasteiger partial charge in [0.25, 0.3) is 0 Å². The molecule has 0 N–H and O–H groups in total. The van der Waals surface area contributed by atoms with Gasteiger partial charge >= 0.3 is 5.97 Å². The molecule has 3 rings (SSSR count). The summed E-state index contributed by atoms with van der Waals surface area (Å²) in [6, 6.07) is 9.23. The number of hydrogen-bond donors (Lipinski definition) is 0. The van der Waals surface area contributed by atoms with E-state index < -0.39 is 0 Å². The highest BCUT2D eigenvalue weighted by Crippen LogP contribution is 2.53. The third-order valence-electron chi connectivity index (χ3n) is 6.41. The minimum atomic E-state index is -0.243. The van der Waals surface area contributed by atoms with Crippen molar-refractivity contribution in [3.63, 3.8) is 0 Å². The van der Waals surface area contributed by atoms with Crippen LogP contribution < -0.4 is 0 Å². The summed E-state index contributed by atoms with van der Waals surface area (Å²) in [5.41, 5.74) is 1.92. The van der Waals surface area contributed by atoms with E-state index in [9.17, 15) is 4.79 Å². The van der Waals surface area contributed by atoms with E-state index in [1.165, 1.54) is 5.57 Å². The minimum absolute atomic E-state index is 0.126. The van der Waals surface area contributed by atoms with Crippen molar-refractivity contribution in [1.82, 2.24) is 0 Å². The van der Waals surface area contributed by atoms with Crippen molar-refractivity contribution in [3.05, 3.63) is 47.5 Å². The van der Waals surface area contributed by atoms with Crippen molar-refractivity contribution < 1.29 is 14.3 Å². The molecule has 3 nitrogen and oxygen atoms in total. The first kappa shape index (κ1) is 18.2. The summed E-state index contributed by atoms with van der Waals surface area (Å²) in [6.45, 7) is 10.1. The van der Waals surface area contributed by atoms with E-state index in [0.29, 0.717) is 42.6 Å². The molecule has 0 unspecified atom stereocenters. The summed E-state index contributed by atoms with van der Waals surface area (Å²) >= 11 is 0. The molecule has 1 fully saturated rings. The molecule has 1 aliphatic carbocycles. The lowest BCUT2D eigenvalue weighted by molar-refractivity contribution is -0.165. The highest BCUT2D eigenvalue weighted by molar-refractivity contribution is 5.89. The Kier molecular flexibility index (Phi) is 5.33. The van der Waals surface area contributed by atoms with Gasteiger partial charge in [0.05, 0.1) is 18.3 Å². The van der Waals surface area contributed by atoms with Crippen molar-refractivity contribution in [1.29, 1.82) is 0 Å². The highest BCUT2D eigenvalue weighted by Gasteiger charge is 2.53. The summed E-state index contributed by atoms with van der Waals surface area (Å²) < 4.78 is 12.1. The number of carbonyl (C=O) groups excluding carboxylic acids is 1. The maximum atomic E-state index is 12.4. The zero-order valence-corrected chi connectivity index (χ0v) is 15.8. The van der Waals surface area contributed by atoms with Gasteiger partial charge < -0.3 is 9.47 Å². The maximum Gasteiger partial charge on any atom is 0.338 e. The topological polar surface area (TPSA) is 35.5 Å². The van der Waals surface area contributed by atoms with Gasteiger partial charge in [0.1, 0.15) is 6.61 Å². The van der Waals surface area contributed by atoms with Crippen molar-refractivity contribution in [2.24, 2.45) is 23.2 Å². The number of benzene rings is 1. The van der Waals surface area contributed by atoms with Gasteiger partial charge in [-0.1, -0.05) is 57.0 Å². The number of hydrogen-bond acceptors (Lipinski definition) is 3. The number of allylic oxidation sites excluding steroid dienone is 1. The Labute approximate surface area is 151 Å². The van der Waals surface area contributed by atoms with Crippen LogP contribution in [-0.4, -0.2) is 25.3 Å². The van der Waals surface area contributed by atoms with Gasteiger partial charge in [0.2, 0.25) is 0 Å². The largest absolute Gasteiger partial charge is 0.461 e. The molecule has 0 amide bonds. The van der Waals surface area contributed by atoms with E-state index in [-0.39, 0.29) is 11.4 Å². The fourth-order valence-corrected chi connectivity index (χ4v) is 4.79. The summed E-state index contributed by atoms with van der Waals surface area (Å²) in [5.74, 6) is 0.972. The normalized spacial score (nSPS) is 34.3.